The van der Waals surface area contributed by atoms with E-state index >= 15 is 0 Å². The van der Waals surface area contributed by atoms with Gasteiger partial charge in [-0.2, -0.15) is 20.2 Å². The number of thiazole rings is 1. The second-order valence-electron chi connectivity index (χ2n) is 31.9. The molecule has 8 aromatic carbocycles. The van der Waals surface area contributed by atoms with E-state index < -0.39 is 0 Å². The Labute approximate surface area is 780 Å². The van der Waals surface area contributed by atoms with Crippen molar-refractivity contribution < 1.29 is 0 Å². The maximum Gasteiger partial charge on any atom is 0.222 e. The second kappa shape index (κ2) is 43.7. The molecule has 131 heavy (non-hydrogen) atoms. The van der Waals surface area contributed by atoms with Crippen LogP contribution in [0.25, 0.3) is 77.9 Å². The number of nitrogens with two attached hydrogens (primary N) is 5. The average Bonchev–Trinajstić information content (AvgIpc) is 1.62. The molecule has 1 aliphatic rings. The largest absolute Gasteiger partial charge is 0.370 e. The summed E-state index contributed by atoms with van der Waals surface area (Å²) < 4.78 is 2.08. The van der Waals surface area contributed by atoms with E-state index in [1.54, 1.807) is 17.4 Å². The first kappa shape index (κ1) is 92.8. The van der Waals surface area contributed by atoms with Gasteiger partial charge in [-0.1, -0.05) is 174 Å². The van der Waals surface area contributed by atoms with Crippen molar-refractivity contribution in [3.63, 3.8) is 0 Å². The van der Waals surface area contributed by atoms with Crippen molar-refractivity contribution in [2.75, 3.05) is 45.8 Å². The molecule has 0 fully saturated rings. The third-order valence-corrected chi connectivity index (χ3v) is 24.7. The predicted molar refractivity (Wildman–Crippen MR) is 532 cm³/mol. The standard InChI is InChI=1S/C23H25N5.C23H22N4S.C21H22N6.C17H19ClN6.C16H16Cl2N6/c1-15-7-5-10-19(16(15)2)21-14-22(28-23(24)27-21)25-12-6-9-18-13-17-8-3-4-11-20(17)26-18;1-15-7-6-10-20(16(15)2)21-13-18(26-23(24)27-21)11-12-19-14-25-22(28-19)17-8-4-3-5-9-17;1-13-7-6-8-15(14(13)2)17-11-19(26-21(22)25-17)23-12-20-24-16-9-4-5-10-18(16)27(20)3;1-10-13(6-4-7-14(10)18)15-9-12(21-17(19)22-15)5-3-8-16-20-11(2)23-24-16;1-9-20-14(24-23-9)7-2-4-10-8-13(22-16(19)21-10)11-5-3-6-12(17)15(11)18/h3-5,7-8,10-11,14H,6,9,12-13H2,1-2H3,(H3,24,25,27,28);3-10,13-14H,11-12H2,1-2H3,(H2,24,26,27);4-11H,12H2,1-3H3,(H3,22,23,25,26);4,6-7,9H,3,5,8H2,1-2H3,(H2,19,21,22)(H,20,23,24);3,5-6,8H,2,4,7H2,1H3,(H2,19,21,22)(H,20,23,24). The first-order valence-corrected chi connectivity index (χ1v) is 45.1. The predicted octanol–water partition coefficient (Wildman–Crippen LogP) is 20.9. The second-order valence-corrected chi connectivity index (χ2v) is 34.2. The fraction of sp³-hybridized carbons (Fsp3) is 0.230. The van der Waals surface area contributed by atoms with E-state index in [1.165, 1.54) is 49.5 Å². The van der Waals surface area contributed by atoms with E-state index in [9.17, 15) is 0 Å². The van der Waals surface area contributed by atoms with Gasteiger partial charge < -0.3 is 43.9 Å². The smallest absolute Gasteiger partial charge is 0.222 e. The molecule has 0 aliphatic carbocycles. The number of para-hydroxylation sites is 3. The van der Waals surface area contributed by atoms with E-state index in [0.29, 0.717) is 39.1 Å². The molecule has 10 heterocycles. The van der Waals surface area contributed by atoms with Gasteiger partial charge in [-0.15, -0.1) is 11.3 Å². The van der Waals surface area contributed by atoms with Gasteiger partial charge in [0.2, 0.25) is 29.7 Å². The van der Waals surface area contributed by atoms with E-state index in [0.717, 1.165) is 213 Å². The molecule has 0 radical (unpaired) electrons. The quantitative estimate of drug-likeness (QED) is 0.0240. The van der Waals surface area contributed by atoms with Crippen molar-refractivity contribution in [2.45, 2.75) is 139 Å². The summed E-state index contributed by atoms with van der Waals surface area (Å²) in [6, 6.07) is 66.4. The number of hydrogen-bond donors (Lipinski definition) is 9. The highest BCUT2D eigenvalue weighted by molar-refractivity contribution is 7.15. The minimum Gasteiger partial charge on any atom is -0.370 e. The molecule has 31 heteroatoms. The van der Waals surface area contributed by atoms with Gasteiger partial charge >= 0.3 is 0 Å². The fourth-order valence-electron chi connectivity index (χ4n) is 15.0. The molecular formula is C100H104Cl3N27S. The summed E-state index contributed by atoms with van der Waals surface area (Å²) in [5.41, 5.74) is 56.6. The highest BCUT2D eigenvalue weighted by Crippen LogP contribution is 2.36. The van der Waals surface area contributed by atoms with Crippen molar-refractivity contribution in [2.24, 2.45) is 12.0 Å². The Morgan fingerprint density at radius 3 is 1.39 bits per heavy atom. The van der Waals surface area contributed by atoms with Crippen LogP contribution in [0.3, 0.4) is 0 Å². The number of nitrogens with one attached hydrogen (secondary N) is 4. The maximum atomic E-state index is 6.27. The number of aryl methyl sites for hydroxylation is 12. The van der Waals surface area contributed by atoms with Gasteiger partial charge in [-0.3, -0.25) is 15.2 Å². The summed E-state index contributed by atoms with van der Waals surface area (Å²) >= 11 is 20.3. The zero-order chi connectivity index (χ0) is 92.2. The molecule has 27 nitrogen and oxygen atoms in total. The van der Waals surface area contributed by atoms with E-state index in [4.69, 9.17) is 68.5 Å². The van der Waals surface area contributed by atoms with Gasteiger partial charge in [0, 0.05) is 117 Å². The lowest BCUT2D eigenvalue weighted by Gasteiger charge is -2.11. The number of aromatic amines is 2. The maximum absolute atomic E-state index is 6.27. The summed E-state index contributed by atoms with van der Waals surface area (Å²) in [5, 5.41) is 23.4. The zero-order valence-corrected chi connectivity index (χ0v) is 77.9. The first-order valence-electron chi connectivity index (χ1n) is 43.2. The molecule has 1 aliphatic heterocycles. The molecule has 17 aromatic rings. The van der Waals surface area contributed by atoms with Crippen molar-refractivity contribution in [3.8, 4) is 66.9 Å². The van der Waals surface area contributed by atoms with Gasteiger partial charge in [-0.05, 0) is 207 Å². The van der Waals surface area contributed by atoms with E-state index in [1.807, 2.05) is 143 Å². The van der Waals surface area contributed by atoms with Gasteiger partial charge in [0.1, 0.15) is 34.1 Å². The third-order valence-electron chi connectivity index (χ3n) is 22.4. The lowest BCUT2D eigenvalue weighted by Crippen LogP contribution is -2.09. The fourth-order valence-corrected chi connectivity index (χ4v) is 16.5. The Morgan fingerprint density at radius 2 is 0.863 bits per heavy atom. The number of H-pyrrole nitrogens is 2. The normalized spacial score (nSPS) is 11.3. The lowest BCUT2D eigenvalue weighted by atomic mass is 10.00. The van der Waals surface area contributed by atoms with Crippen LogP contribution in [0.5, 0.6) is 0 Å². The molecule has 0 spiro atoms. The van der Waals surface area contributed by atoms with Crippen LogP contribution in [0.4, 0.5) is 47.1 Å². The number of nitrogen functional groups attached to an aromatic ring is 5. The number of hydrogen-bond acceptors (Lipinski definition) is 25. The number of aliphatic imine (C=N–C) groups is 1. The molecule has 9 aromatic heterocycles. The summed E-state index contributed by atoms with van der Waals surface area (Å²) in [4.78, 5) is 67.5. The summed E-state index contributed by atoms with van der Waals surface area (Å²) in [6.07, 6.45) is 11.4. The summed E-state index contributed by atoms with van der Waals surface area (Å²) in [7, 11) is 2.02. The number of fused-ring (bicyclic) bond motifs is 2. The highest BCUT2D eigenvalue weighted by atomic mass is 35.5. The Bertz CT molecular complexity index is 6740. The van der Waals surface area contributed by atoms with Gasteiger partial charge in [0.25, 0.3) is 0 Å². The van der Waals surface area contributed by atoms with Crippen LogP contribution in [0.2, 0.25) is 15.1 Å². The monoisotopic (exact) mass is 1820 g/mol. The summed E-state index contributed by atoms with van der Waals surface area (Å²) in [6.45, 7) is 19.7. The highest BCUT2D eigenvalue weighted by Gasteiger charge is 2.20. The van der Waals surface area contributed by atoms with Crippen LogP contribution >= 0.6 is 46.1 Å². The van der Waals surface area contributed by atoms with Gasteiger partial charge in [0.15, 0.2) is 11.6 Å². The Hall–Kier alpha value is -14.3. The SMILES string of the molecule is Cc1cccc(-c2cc(CCc3cnc(-c4ccccc4)s3)nc(N)n2)c1C.Cc1cccc(-c2cc(NCCCC3=Nc4ccccc4C3)nc(N)n2)c1C.Cc1cccc(-c2cc(NCc3nc4ccccc4n3C)nc(N)n2)c1C.Cc1nc(CCCc2cc(-c3cccc(Cl)c3C)nc(N)n2)n[nH]1.Cc1nc(CCCc2cc(-c3cccc(Cl)c3Cl)nc(N)n2)n[nH]1. The molecule has 0 saturated carbocycles. The van der Waals surface area contributed by atoms with Crippen molar-refractivity contribution in [1.82, 2.24) is 94.7 Å². The Balaban J connectivity index is 0.000000132. The van der Waals surface area contributed by atoms with Crippen LogP contribution in [-0.4, -0.2) is 107 Å². The number of nitrogens with zero attached hydrogens (tertiary/aromatic N) is 18. The molecule has 0 bridgehead atoms. The van der Waals surface area contributed by atoms with Crippen molar-refractivity contribution in [1.29, 1.82) is 0 Å². The molecule has 18 rings (SSSR count). The van der Waals surface area contributed by atoms with Gasteiger partial charge in [0.05, 0.1) is 61.8 Å². The molecule has 0 unspecified atom stereocenters. The average molecular weight is 1820 g/mol. The minimum absolute atomic E-state index is 0.215. The number of benzene rings is 8. The molecule has 14 N–H and O–H groups in total. The van der Waals surface area contributed by atoms with Crippen LogP contribution in [0.15, 0.2) is 211 Å². The number of anilines is 7. The number of halogens is 3. The molecule has 0 amide bonds. The van der Waals surface area contributed by atoms with Crippen molar-refractivity contribution >= 4 is 110 Å². The topological polar surface area (TPSA) is 409 Å². The van der Waals surface area contributed by atoms with E-state index in [-0.39, 0.29) is 23.8 Å². The van der Waals surface area contributed by atoms with E-state index in [2.05, 4.69) is 232 Å². The first-order chi connectivity index (χ1) is 63.3. The molecular weight excluding hydrogens is 1720 g/mol. The number of rotatable bonds is 25. The summed E-state index contributed by atoms with van der Waals surface area (Å²) in [5.74, 6) is 6.99. The Morgan fingerprint density at radius 1 is 0.405 bits per heavy atom. The third kappa shape index (κ3) is 24.8. The van der Waals surface area contributed by atoms with Gasteiger partial charge in [-0.25, -0.2) is 59.8 Å². The molecule has 0 atom stereocenters. The van der Waals surface area contributed by atoms with Crippen LogP contribution in [-0.2, 0) is 58.5 Å². The molecule has 666 valence electrons. The number of imidazole rings is 1. The van der Waals surface area contributed by atoms with Crippen LogP contribution < -0.4 is 39.3 Å². The van der Waals surface area contributed by atoms with Crippen molar-refractivity contribution in [3.05, 3.63) is 317 Å². The van der Waals surface area contributed by atoms with Crippen LogP contribution in [0, 0.1) is 62.3 Å². The lowest BCUT2D eigenvalue weighted by molar-refractivity contribution is 0.759. The Kier molecular flexibility index (Phi) is 30.9. The minimum atomic E-state index is 0.215. The zero-order valence-electron chi connectivity index (χ0n) is 74.8. The van der Waals surface area contributed by atoms with Crippen LogP contribution in [0.1, 0.15) is 121 Å². The molecule has 0 saturated heterocycles. The number of aromatic nitrogens is 19.